The molecule has 0 saturated carbocycles. The Labute approximate surface area is 320 Å². The highest BCUT2D eigenvalue weighted by atomic mass is 16.6. The zero-order valence-corrected chi connectivity index (χ0v) is 34.3. The van der Waals surface area contributed by atoms with E-state index in [-0.39, 0.29) is 30.7 Å². The number of aliphatic hydroxyl groups is 2. The normalized spacial score (nSPS) is 16.7. The van der Waals surface area contributed by atoms with E-state index < -0.39 is 108 Å². The molecule has 0 spiro atoms. The van der Waals surface area contributed by atoms with Crippen LogP contribution in [0.5, 0.6) is 0 Å². The molecule has 0 heterocycles. The van der Waals surface area contributed by atoms with Crippen molar-refractivity contribution >= 4 is 41.5 Å². The van der Waals surface area contributed by atoms with E-state index in [9.17, 15) is 43.8 Å². The van der Waals surface area contributed by atoms with Gasteiger partial charge in [-0.25, -0.2) is 4.79 Å². The minimum absolute atomic E-state index is 0.0335. The Morgan fingerprint density at radius 2 is 1.17 bits per heavy atom. The van der Waals surface area contributed by atoms with Crippen molar-refractivity contribution in [2.24, 2.45) is 29.4 Å². The van der Waals surface area contributed by atoms with Crippen LogP contribution in [0.2, 0.25) is 0 Å². The summed E-state index contributed by atoms with van der Waals surface area (Å²) >= 11 is 0. The minimum Gasteiger partial charge on any atom is -0.444 e. The van der Waals surface area contributed by atoms with E-state index in [2.05, 4.69) is 31.9 Å². The molecular formula is C37H69N7O10. The third-order valence-corrected chi connectivity index (χ3v) is 8.75. The molecule has 0 aliphatic rings. The number of ether oxygens (including phenoxy) is 1. The smallest absolute Gasteiger partial charge is 0.408 e. The Morgan fingerprint density at radius 3 is 1.61 bits per heavy atom. The molecule has 17 heteroatoms. The quantitative estimate of drug-likeness (QED) is 0.0703. The number of alkyl carbamates (subject to hydrolysis) is 1. The van der Waals surface area contributed by atoms with Crippen LogP contribution in [0.1, 0.15) is 115 Å². The van der Waals surface area contributed by atoms with E-state index >= 15 is 0 Å². The van der Waals surface area contributed by atoms with Gasteiger partial charge >= 0.3 is 6.09 Å². The number of primary amides is 1. The van der Waals surface area contributed by atoms with Gasteiger partial charge in [-0.2, -0.15) is 0 Å². The maximum absolute atomic E-state index is 13.8. The average Bonchev–Trinajstić information content (AvgIpc) is 3.04. The molecule has 312 valence electrons. The largest absolute Gasteiger partial charge is 0.444 e. The number of rotatable bonds is 23. The molecule has 0 fully saturated rings. The zero-order chi connectivity index (χ0) is 42.1. The first kappa shape index (κ1) is 50.0. The summed E-state index contributed by atoms with van der Waals surface area (Å²) in [6.07, 6.45) is -2.78. The molecule has 0 bridgehead atoms. The number of nitrogens with one attached hydrogen (secondary N) is 6. The molecular weight excluding hydrogens is 702 g/mol. The fourth-order valence-corrected chi connectivity index (χ4v) is 5.32. The summed E-state index contributed by atoms with van der Waals surface area (Å²) in [7, 11) is 0. The summed E-state index contributed by atoms with van der Waals surface area (Å²) in [5.74, 6) is -5.45. The van der Waals surface area contributed by atoms with Crippen molar-refractivity contribution < 1.29 is 48.5 Å². The van der Waals surface area contributed by atoms with E-state index in [1.165, 1.54) is 6.92 Å². The first-order chi connectivity index (χ1) is 24.8. The maximum atomic E-state index is 13.8. The number of carbonyl (C=O) groups is 7. The van der Waals surface area contributed by atoms with Crippen LogP contribution < -0.4 is 37.6 Å². The van der Waals surface area contributed by atoms with Gasteiger partial charge in [0.2, 0.25) is 35.4 Å². The number of aliphatic hydroxyl groups excluding tert-OH is 2. The van der Waals surface area contributed by atoms with E-state index in [1.54, 1.807) is 48.5 Å². The number of carbonyl (C=O) groups excluding carboxylic acids is 7. The van der Waals surface area contributed by atoms with Gasteiger partial charge in [-0.15, -0.1) is 0 Å². The first-order valence-electron chi connectivity index (χ1n) is 18.9. The Balaban J connectivity index is 6.03. The summed E-state index contributed by atoms with van der Waals surface area (Å²) in [5, 5.41) is 36.5. The molecule has 7 amide bonds. The molecule has 54 heavy (non-hydrogen) atoms. The lowest BCUT2D eigenvalue weighted by Crippen LogP contribution is -2.59. The summed E-state index contributed by atoms with van der Waals surface area (Å²) in [6.45, 7) is 20.8. The van der Waals surface area contributed by atoms with Crippen molar-refractivity contribution in [2.45, 2.75) is 163 Å². The SMILES string of the molecule is CCC(C)[C@H](NC(=O)OC(C)(C)C)C(=O)N[C@H](C(=O)N[C@@H](CC(C)C)C(O)CC(=O)N[C@H](C(=O)NC(CC(N)=O)C(=O)NC[C@@H](C)O)C(C)C)C(C)CC. The second kappa shape index (κ2) is 23.7. The lowest BCUT2D eigenvalue weighted by molar-refractivity contribution is -0.135. The van der Waals surface area contributed by atoms with E-state index in [0.717, 1.165) is 0 Å². The van der Waals surface area contributed by atoms with Gasteiger partial charge in [-0.05, 0) is 57.8 Å². The van der Waals surface area contributed by atoms with Crippen molar-refractivity contribution in [3.63, 3.8) is 0 Å². The van der Waals surface area contributed by atoms with Gasteiger partial charge in [-0.1, -0.05) is 68.2 Å². The molecule has 0 aromatic carbocycles. The highest BCUT2D eigenvalue weighted by Crippen LogP contribution is 2.17. The van der Waals surface area contributed by atoms with Crippen LogP contribution >= 0.6 is 0 Å². The highest BCUT2D eigenvalue weighted by molar-refractivity contribution is 5.95. The number of nitrogens with two attached hydrogens (primary N) is 1. The predicted molar refractivity (Wildman–Crippen MR) is 203 cm³/mol. The van der Waals surface area contributed by atoms with Crippen LogP contribution in [-0.2, 0) is 33.5 Å². The van der Waals surface area contributed by atoms with Crippen LogP contribution in [-0.4, -0.2) is 106 Å². The second-order valence-electron chi connectivity index (χ2n) is 16.0. The van der Waals surface area contributed by atoms with Gasteiger partial charge in [0.25, 0.3) is 0 Å². The van der Waals surface area contributed by atoms with Gasteiger partial charge < -0.3 is 52.6 Å². The van der Waals surface area contributed by atoms with Crippen LogP contribution in [0.25, 0.3) is 0 Å². The van der Waals surface area contributed by atoms with Gasteiger partial charge in [0.05, 0.1) is 31.1 Å². The number of hydrogen-bond donors (Lipinski definition) is 9. The monoisotopic (exact) mass is 772 g/mol. The van der Waals surface area contributed by atoms with E-state index in [4.69, 9.17) is 10.5 Å². The Kier molecular flexibility index (Phi) is 22.0. The Bertz CT molecular complexity index is 1250. The molecule has 9 atom stereocenters. The minimum atomic E-state index is -1.41. The van der Waals surface area contributed by atoms with E-state index in [1.807, 2.05) is 27.7 Å². The number of hydrogen-bond acceptors (Lipinski definition) is 10. The van der Waals surface area contributed by atoms with E-state index in [0.29, 0.717) is 12.8 Å². The third-order valence-electron chi connectivity index (χ3n) is 8.75. The molecule has 0 saturated heterocycles. The van der Waals surface area contributed by atoms with Crippen molar-refractivity contribution in [1.29, 1.82) is 0 Å². The number of amides is 7. The van der Waals surface area contributed by atoms with Gasteiger partial charge in [-0.3, -0.25) is 28.8 Å². The third kappa shape index (κ3) is 19.4. The predicted octanol–water partition coefficient (Wildman–Crippen LogP) is 0.737. The van der Waals surface area contributed by atoms with Crippen molar-refractivity contribution in [3.8, 4) is 0 Å². The Morgan fingerprint density at radius 1 is 0.667 bits per heavy atom. The maximum Gasteiger partial charge on any atom is 0.408 e. The summed E-state index contributed by atoms with van der Waals surface area (Å²) in [5.41, 5.74) is 4.48. The van der Waals surface area contributed by atoms with Crippen molar-refractivity contribution in [3.05, 3.63) is 0 Å². The molecule has 4 unspecified atom stereocenters. The summed E-state index contributed by atoms with van der Waals surface area (Å²) in [4.78, 5) is 90.8. The summed E-state index contributed by atoms with van der Waals surface area (Å²) in [6, 6.07) is -5.52. The molecule has 0 aromatic heterocycles. The van der Waals surface area contributed by atoms with Crippen LogP contribution in [0.15, 0.2) is 0 Å². The van der Waals surface area contributed by atoms with Gasteiger partial charge in [0, 0.05) is 6.54 Å². The fraction of sp³-hybridized carbons (Fsp3) is 0.811. The lowest BCUT2D eigenvalue weighted by atomic mass is 9.93. The fourth-order valence-electron chi connectivity index (χ4n) is 5.32. The topological polar surface area (TPSA) is 267 Å². The van der Waals surface area contributed by atoms with Crippen molar-refractivity contribution in [1.82, 2.24) is 31.9 Å². The van der Waals surface area contributed by atoms with Crippen LogP contribution in [0.4, 0.5) is 4.79 Å². The molecule has 0 aromatic rings. The van der Waals surface area contributed by atoms with Gasteiger partial charge in [0.15, 0.2) is 0 Å². The van der Waals surface area contributed by atoms with Crippen LogP contribution in [0.3, 0.4) is 0 Å². The lowest BCUT2D eigenvalue weighted by Gasteiger charge is -2.32. The molecule has 10 N–H and O–H groups in total. The summed E-state index contributed by atoms with van der Waals surface area (Å²) < 4.78 is 5.36. The molecule has 0 radical (unpaired) electrons. The van der Waals surface area contributed by atoms with Crippen LogP contribution in [0, 0.1) is 23.7 Å². The average molecular weight is 772 g/mol. The molecule has 0 aliphatic heterocycles. The van der Waals surface area contributed by atoms with Gasteiger partial charge in [0.1, 0.15) is 29.8 Å². The van der Waals surface area contributed by atoms with Crippen molar-refractivity contribution in [2.75, 3.05) is 6.54 Å². The second-order valence-corrected chi connectivity index (χ2v) is 16.0. The standard InChI is InChI=1S/C37H69N7O10/c1-13-21(7)30(43-35(52)31(22(8)14-2)44-36(53)54-37(10,11)12)34(51)40-24(15-19(3)4)26(46)17-28(48)42-29(20(5)6)33(50)41-25(16-27(38)47)32(49)39-18-23(9)45/h19-26,29-31,45-46H,13-18H2,1-12H3,(H2,38,47)(H,39,49)(H,40,51)(H,41,50)(H,42,48)(H,43,52)(H,44,53)/t21?,22?,23-,24+,25?,26?,29+,30+,31+/m1/s1. The first-order valence-corrected chi connectivity index (χ1v) is 18.9. The Hall–Kier alpha value is -3.99. The highest BCUT2D eigenvalue weighted by Gasteiger charge is 2.36. The molecule has 17 nitrogen and oxygen atoms in total. The zero-order valence-electron chi connectivity index (χ0n) is 34.3. The molecule has 0 aliphatic carbocycles. The molecule has 0 rings (SSSR count).